The molecule has 0 spiro atoms. The summed E-state index contributed by atoms with van der Waals surface area (Å²) in [5.74, 6) is -0.356. The Bertz CT molecular complexity index is 690. The van der Waals surface area contributed by atoms with E-state index >= 15 is 0 Å². The van der Waals surface area contributed by atoms with E-state index in [9.17, 15) is 4.79 Å². The summed E-state index contributed by atoms with van der Waals surface area (Å²) in [5.41, 5.74) is 2.25. The first-order chi connectivity index (χ1) is 11.7. The topological polar surface area (TPSA) is 59.4 Å². The number of esters is 1. The molecule has 0 radical (unpaired) electrons. The summed E-state index contributed by atoms with van der Waals surface area (Å²) < 4.78 is 6.94. The van der Waals surface area contributed by atoms with Gasteiger partial charge in [0.15, 0.2) is 5.69 Å². The third kappa shape index (κ3) is 4.81. The SMILES string of the molecule is CCOC(=O)c1nn(-c2ccccc2)cc1CN1CCNC(C)C1.Cl. The smallest absolute Gasteiger partial charge is 0.359 e. The fourth-order valence-electron chi connectivity index (χ4n) is 3.01. The zero-order chi connectivity index (χ0) is 16.9. The molecule has 1 aromatic carbocycles. The lowest BCUT2D eigenvalue weighted by Crippen LogP contribution is -2.48. The van der Waals surface area contributed by atoms with Crippen LogP contribution in [0.15, 0.2) is 36.5 Å². The Balaban J connectivity index is 0.00000225. The molecule has 2 heterocycles. The van der Waals surface area contributed by atoms with Crippen molar-refractivity contribution in [2.45, 2.75) is 26.4 Å². The third-order valence-electron chi connectivity index (χ3n) is 4.13. The molecule has 1 aliphatic rings. The Morgan fingerprint density at radius 1 is 1.36 bits per heavy atom. The number of carbonyl (C=O) groups excluding carboxylic acids is 1. The molecule has 2 aromatic rings. The van der Waals surface area contributed by atoms with Gasteiger partial charge in [-0.3, -0.25) is 4.90 Å². The van der Waals surface area contributed by atoms with E-state index in [0.717, 1.165) is 30.9 Å². The molecule has 1 aromatic heterocycles. The van der Waals surface area contributed by atoms with Crippen molar-refractivity contribution in [3.63, 3.8) is 0 Å². The summed E-state index contributed by atoms with van der Waals surface area (Å²) >= 11 is 0. The van der Waals surface area contributed by atoms with Crippen molar-refractivity contribution >= 4 is 18.4 Å². The molecule has 1 fully saturated rings. The lowest BCUT2D eigenvalue weighted by molar-refractivity contribution is 0.0516. The van der Waals surface area contributed by atoms with Crippen LogP contribution in [0.2, 0.25) is 0 Å². The molecule has 6 nitrogen and oxygen atoms in total. The number of hydrogen-bond donors (Lipinski definition) is 1. The van der Waals surface area contributed by atoms with Crippen LogP contribution >= 0.6 is 12.4 Å². The Morgan fingerprint density at radius 3 is 2.80 bits per heavy atom. The fraction of sp³-hybridized carbons (Fsp3) is 0.444. The van der Waals surface area contributed by atoms with Crippen molar-refractivity contribution in [3.8, 4) is 5.69 Å². The van der Waals surface area contributed by atoms with Gasteiger partial charge in [0.2, 0.25) is 0 Å². The Morgan fingerprint density at radius 2 is 2.12 bits per heavy atom. The van der Waals surface area contributed by atoms with E-state index in [-0.39, 0.29) is 18.4 Å². The van der Waals surface area contributed by atoms with Gasteiger partial charge in [0, 0.05) is 44.0 Å². The first-order valence-electron chi connectivity index (χ1n) is 8.44. The number of hydrogen-bond acceptors (Lipinski definition) is 5. The minimum absolute atomic E-state index is 0. The van der Waals surface area contributed by atoms with Gasteiger partial charge in [-0.25, -0.2) is 9.48 Å². The van der Waals surface area contributed by atoms with Crippen molar-refractivity contribution in [2.75, 3.05) is 26.2 Å². The molecule has 0 aliphatic carbocycles. The number of nitrogens with one attached hydrogen (secondary N) is 1. The van der Waals surface area contributed by atoms with Crippen LogP contribution in [0.1, 0.15) is 29.9 Å². The number of para-hydroxylation sites is 1. The predicted molar refractivity (Wildman–Crippen MR) is 99.5 cm³/mol. The maximum Gasteiger partial charge on any atom is 0.359 e. The van der Waals surface area contributed by atoms with Crippen molar-refractivity contribution in [1.29, 1.82) is 0 Å². The van der Waals surface area contributed by atoms with Crippen molar-refractivity contribution in [1.82, 2.24) is 20.0 Å². The molecule has 0 saturated carbocycles. The molecular formula is C18H25ClN4O2. The summed E-state index contributed by atoms with van der Waals surface area (Å²) in [5, 5.41) is 7.92. The first-order valence-corrected chi connectivity index (χ1v) is 8.44. The number of benzene rings is 1. The fourth-order valence-corrected chi connectivity index (χ4v) is 3.01. The summed E-state index contributed by atoms with van der Waals surface area (Å²) in [6.45, 7) is 7.91. The summed E-state index contributed by atoms with van der Waals surface area (Å²) in [7, 11) is 0. The van der Waals surface area contributed by atoms with E-state index in [1.807, 2.05) is 43.5 Å². The number of nitrogens with zero attached hydrogens (tertiary/aromatic N) is 3. The van der Waals surface area contributed by atoms with Crippen molar-refractivity contribution < 1.29 is 9.53 Å². The lowest BCUT2D eigenvalue weighted by atomic mass is 10.2. The summed E-state index contributed by atoms with van der Waals surface area (Å²) in [4.78, 5) is 14.6. The highest BCUT2D eigenvalue weighted by molar-refractivity contribution is 5.88. The Kier molecular flexibility index (Phi) is 6.99. The maximum atomic E-state index is 12.3. The Hall–Kier alpha value is -1.89. The number of aromatic nitrogens is 2. The second-order valence-electron chi connectivity index (χ2n) is 6.09. The molecule has 7 heteroatoms. The third-order valence-corrected chi connectivity index (χ3v) is 4.13. The van der Waals surface area contributed by atoms with Crippen LogP contribution in [0.5, 0.6) is 0 Å². The summed E-state index contributed by atoms with van der Waals surface area (Å²) in [6.07, 6.45) is 1.94. The highest BCUT2D eigenvalue weighted by Gasteiger charge is 2.22. The first kappa shape index (κ1) is 19.4. The molecule has 1 unspecified atom stereocenters. The zero-order valence-electron chi connectivity index (χ0n) is 14.6. The monoisotopic (exact) mass is 364 g/mol. The van der Waals surface area contributed by atoms with Gasteiger partial charge in [-0.2, -0.15) is 5.10 Å². The van der Waals surface area contributed by atoms with Crippen LogP contribution in [0.25, 0.3) is 5.69 Å². The normalized spacial score (nSPS) is 17.8. The molecule has 1 saturated heterocycles. The molecule has 0 bridgehead atoms. The molecular weight excluding hydrogens is 340 g/mol. The minimum Gasteiger partial charge on any atom is -0.461 e. The van der Waals surface area contributed by atoms with Gasteiger partial charge < -0.3 is 10.1 Å². The van der Waals surface area contributed by atoms with Gasteiger partial charge >= 0.3 is 5.97 Å². The summed E-state index contributed by atoms with van der Waals surface area (Å²) in [6, 6.07) is 10.3. The van der Waals surface area contributed by atoms with Crippen LogP contribution in [-0.2, 0) is 11.3 Å². The van der Waals surface area contributed by atoms with Gasteiger partial charge in [-0.15, -0.1) is 12.4 Å². The van der Waals surface area contributed by atoms with E-state index in [4.69, 9.17) is 4.74 Å². The van der Waals surface area contributed by atoms with E-state index in [1.165, 1.54) is 0 Å². The van der Waals surface area contributed by atoms with Crippen LogP contribution in [0.4, 0.5) is 0 Å². The number of piperazine rings is 1. The quantitative estimate of drug-likeness (QED) is 0.825. The largest absolute Gasteiger partial charge is 0.461 e. The second-order valence-corrected chi connectivity index (χ2v) is 6.09. The van der Waals surface area contributed by atoms with Crippen molar-refractivity contribution in [2.24, 2.45) is 0 Å². The number of halogens is 1. The van der Waals surface area contributed by atoms with E-state index in [2.05, 4.69) is 22.2 Å². The van der Waals surface area contributed by atoms with Gasteiger partial charge in [0.25, 0.3) is 0 Å². The van der Waals surface area contributed by atoms with Gasteiger partial charge in [0.05, 0.1) is 12.3 Å². The average molecular weight is 365 g/mol. The van der Waals surface area contributed by atoms with Crippen LogP contribution in [0, 0.1) is 0 Å². The van der Waals surface area contributed by atoms with E-state index < -0.39 is 0 Å². The highest BCUT2D eigenvalue weighted by Crippen LogP contribution is 2.16. The molecule has 1 N–H and O–H groups in total. The standard InChI is InChI=1S/C18H24N4O2.ClH/c1-3-24-18(23)17-15(12-21-10-9-19-14(2)11-21)13-22(20-17)16-7-5-4-6-8-16;/h4-8,13-14,19H,3,9-12H2,1-2H3;1H. The highest BCUT2D eigenvalue weighted by atomic mass is 35.5. The molecule has 1 aliphatic heterocycles. The maximum absolute atomic E-state index is 12.3. The molecule has 3 rings (SSSR count). The number of carbonyl (C=O) groups is 1. The molecule has 25 heavy (non-hydrogen) atoms. The predicted octanol–water partition coefficient (Wildman–Crippen LogP) is 2.26. The average Bonchev–Trinajstić information content (AvgIpc) is 3.00. The van der Waals surface area contributed by atoms with E-state index in [1.54, 1.807) is 4.68 Å². The minimum atomic E-state index is -0.356. The number of rotatable bonds is 5. The van der Waals surface area contributed by atoms with Crippen molar-refractivity contribution in [3.05, 3.63) is 47.8 Å². The molecule has 136 valence electrons. The van der Waals surface area contributed by atoms with Crippen LogP contribution in [-0.4, -0.2) is 52.9 Å². The molecule has 1 atom stereocenters. The number of ether oxygens (including phenoxy) is 1. The van der Waals surface area contributed by atoms with Gasteiger partial charge in [0.1, 0.15) is 0 Å². The van der Waals surface area contributed by atoms with Gasteiger partial charge in [-0.1, -0.05) is 18.2 Å². The van der Waals surface area contributed by atoms with Crippen LogP contribution in [0.3, 0.4) is 0 Å². The Labute approximate surface area is 154 Å². The molecule has 0 amide bonds. The van der Waals surface area contributed by atoms with Crippen LogP contribution < -0.4 is 5.32 Å². The second kappa shape index (κ2) is 8.99. The van der Waals surface area contributed by atoms with E-state index in [0.29, 0.717) is 24.9 Å². The lowest BCUT2D eigenvalue weighted by Gasteiger charge is -2.31. The zero-order valence-corrected chi connectivity index (χ0v) is 15.5. The van der Waals surface area contributed by atoms with Gasteiger partial charge in [-0.05, 0) is 26.0 Å².